The number of anilines is 1. The van der Waals surface area contributed by atoms with Gasteiger partial charge >= 0.3 is 0 Å². The van der Waals surface area contributed by atoms with Crippen LogP contribution in [0.4, 0.5) is 5.69 Å². The summed E-state index contributed by atoms with van der Waals surface area (Å²) in [6.07, 6.45) is 3.98. The van der Waals surface area contributed by atoms with Crippen molar-refractivity contribution in [3.8, 4) is 0 Å². The van der Waals surface area contributed by atoms with E-state index in [9.17, 15) is 0 Å². The quantitative estimate of drug-likeness (QED) is 0.379. The van der Waals surface area contributed by atoms with Crippen LogP contribution in [-0.4, -0.2) is 43.2 Å². The number of nitrogens with zero attached hydrogens (tertiary/aromatic N) is 3. The van der Waals surface area contributed by atoms with Gasteiger partial charge in [0.25, 0.3) is 0 Å². The average Bonchev–Trinajstić information content (AvgIpc) is 3.13. The van der Waals surface area contributed by atoms with Crippen molar-refractivity contribution in [3.05, 3.63) is 59.9 Å². The summed E-state index contributed by atoms with van der Waals surface area (Å²) in [5, 5.41) is 6.96. The number of aryl methyl sites for hydroxylation is 1. The summed E-state index contributed by atoms with van der Waals surface area (Å²) in [6.45, 7) is 7.83. The minimum Gasteiger partial charge on any atom is -0.369 e. The lowest BCUT2D eigenvalue weighted by molar-refractivity contribution is 0.649. The van der Waals surface area contributed by atoms with Crippen molar-refractivity contribution in [2.45, 2.75) is 32.7 Å². The minimum absolute atomic E-state index is 0. The predicted molar refractivity (Wildman–Crippen MR) is 124 cm³/mol. The van der Waals surface area contributed by atoms with Crippen molar-refractivity contribution in [3.63, 3.8) is 0 Å². The van der Waals surface area contributed by atoms with Gasteiger partial charge in [-0.05, 0) is 50.5 Å². The second-order valence-electron chi connectivity index (χ2n) is 6.73. The average molecular weight is 479 g/mol. The molecular formula is C21H30IN5. The van der Waals surface area contributed by atoms with E-state index in [1.54, 1.807) is 0 Å². The Balaban J connectivity index is 0.00000261. The van der Waals surface area contributed by atoms with Crippen LogP contribution in [0.2, 0.25) is 0 Å². The van der Waals surface area contributed by atoms with Gasteiger partial charge in [0.2, 0.25) is 0 Å². The molecule has 2 N–H and O–H groups in total. The van der Waals surface area contributed by atoms with Gasteiger partial charge in [-0.2, -0.15) is 0 Å². The number of pyridine rings is 1. The summed E-state index contributed by atoms with van der Waals surface area (Å²) >= 11 is 0. The van der Waals surface area contributed by atoms with Gasteiger partial charge in [-0.1, -0.05) is 24.3 Å². The van der Waals surface area contributed by atoms with Gasteiger partial charge in [-0.25, -0.2) is 0 Å². The van der Waals surface area contributed by atoms with Crippen LogP contribution in [0.3, 0.4) is 0 Å². The maximum Gasteiger partial charge on any atom is 0.191 e. The molecule has 0 bridgehead atoms. The molecule has 2 aromatic rings. The Labute approximate surface area is 179 Å². The normalized spacial score (nSPS) is 16.7. The highest BCUT2D eigenvalue weighted by Gasteiger charge is 2.23. The first-order valence-electron chi connectivity index (χ1n) is 9.51. The molecule has 6 heteroatoms. The summed E-state index contributed by atoms with van der Waals surface area (Å²) in [5.41, 5.74) is 3.58. The van der Waals surface area contributed by atoms with E-state index in [1.165, 1.54) is 11.3 Å². The van der Waals surface area contributed by atoms with Gasteiger partial charge in [0.1, 0.15) is 0 Å². The fourth-order valence-electron chi connectivity index (χ4n) is 3.21. The molecule has 146 valence electrons. The molecule has 1 saturated heterocycles. The molecule has 0 radical (unpaired) electrons. The van der Waals surface area contributed by atoms with Crippen LogP contribution in [0.5, 0.6) is 0 Å². The van der Waals surface area contributed by atoms with Gasteiger partial charge in [-0.15, -0.1) is 24.0 Å². The number of hydrogen-bond donors (Lipinski definition) is 2. The molecule has 1 aromatic carbocycles. The third-order valence-electron chi connectivity index (χ3n) is 4.64. The van der Waals surface area contributed by atoms with Crippen molar-refractivity contribution < 1.29 is 0 Å². The SMILES string of the molecule is CCNC(=NCCc1ccc(C)nc1)NC1CCN(c2ccccc2)C1.I. The largest absolute Gasteiger partial charge is 0.369 e. The maximum atomic E-state index is 4.74. The smallest absolute Gasteiger partial charge is 0.191 e. The molecule has 27 heavy (non-hydrogen) atoms. The van der Waals surface area contributed by atoms with Crippen molar-refractivity contribution in [1.82, 2.24) is 15.6 Å². The fourth-order valence-corrected chi connectivity index (χ4v) is 3.21. The summed E-state index contributed by atoms with van der Waals surface area (Å²) < 4.78 is 0. The van der Waals surface area contributed by atoms with E-state index in [2.05, 4.69) is 69.9 Å². The van der Waals surface area contributed by atoms with Gasteiger partial charge in [0.05, 0.1) is 0 Å². The number of aromatic nitrogens is 1. The molecule has 0 spiro atoms. The highest BCUT2D eigenvalue weighted by atomic mass is 127. The lowest BCUT2D eigenvalue weighted by Crippen LogP contribution is -2.44. The summed E-state index contributed by atoms with van der Waals surface area (Å²) in [4.78, 5) is 11.5. The van der Waals surface area contributed by atoms with Crippen LogP contribution in [0.15, 0.2) is 53.7 Å². The topological polar surface area (TPSA) is 52.6 Å². The lowest BCUT2D eigenvalue weighted by atomic mass is 10.2. The van der Waals surface area contributed by atoms with Crippen LogP contribution >= 0.6 is 24.0 Å². The van der Waals surface area contributed by atoms with E-state index in [0.717, 1.165) is 50.7 Å². The summed E-state index contributed by atoms with van der Waals surface area (Å²) in [5.74, 6) is 0.910. The number of aliphatic imine (C=N–C) groups is 1. The number of hydrogen-bond acceptors (Lipinski definition) is 3. The Morgan fingerprint density at radius 1 is 1.22 bits per heavy atom. The molecule has 5 nitrogen and oxygen atoms in total. The number of rotatable bonds is 6. The van der Waals surface area contributed by atoms with Crippen LogP contribution in [-0.2, 0) is 6.42 Å². The Hall–Kier alpha value is -1.83. The van der Waals surface area contributed by atoms with E-state index < -0.39 is 0 Å². The van der Waals surface area contributed by atoms with Gasteiger partial charge < -0.3 is 15.5 Å². The summed E-state index contributed by atoms with van der Waals surface area (Å²) in [7, 11) is 0. The molecule has 3 rings (SSSR count). The third kappa shape index (κ3) is 6.68. The molecule has 0 aliphatic carbocycles. The number of benzene rings is 1. The first-order valence-corrected chi connectivity index (χ1v) is 9.51. The van der Waals surface area contributed by atoms with Crippen molar-refractivity contribution in [2.24, 2.45) is 4.99 Å². The zero-order chi connectivity index (χ0) is 18.2. The minimum atomic E-state index is 0. The van der Waals surface area contributed by atoms with Crippen LogP contribution in [0.1, 0.15) is 24.6 Å². The van der Waals surface area contributed by atoms with Crippen LogP contribution in [0.25, 0.3) is 0 Å². The first kappa shape index (κ1) is 21.5. The van der Waals surface area contributed by atoms with E-state index in [1.807, 2.05) is 13.1 Å². The van der Waals surface area contributed by atoms with Crippen molar-refractivity contribution in [1.29, 1.82) is 0 Å². The van der Waals surface area contributed by atoms with Crippen molar-refractivity contribution >= 4 is 35.6 Å². The number of nitrogens with one attached hydrogen (secondary N) is 2. The molecule has 1 aromatic heterocycles. The van der Waals surface area contributed by atoms with E-state index in [-0.39, 0.29) is 24.0 Å². The van der Waals surface area contributed by atoms with Gasteiger partial charge in [0, 0.05) is 49.8 Å². The second-order valence-corrected chi connectivity index (χ2v) is 6.73. The fraction of sp³-hybridized carbons (Fsp3) is 0.429. The second kappa shape index (κ2) is 11.1. The molecule has 1 atom stereocenters. The van der Waals surface area contributed by atoms with E-state index >= 15 is 0 Å². The molecule has 1 unspecified atom stereocenters. The zero-order valence-corrected chi connectivity index (χ0v) is 18.5. The molecule has 1 aliphatic heterocycles. The molecular weight excluding hydrogens is 449 g/mol. The Morgan fingerprint density at radius 3 is 2.74 bits per heavy atom. The highest BCUT2D eigenvalue weighted by molar-refractivity contribution is 14.0. The standard InChI is InChI=1S/C21H29N5.HI/c1-3-22-21(23-13-11-18-10-9-17(2)24-15-18)25-19-12-14-26(16-19)20-7-5-4-6-8-20;/h4-10,15,19H,3,11-14,16H2,1-2H3,(H2,22,23,25);1H. The maximum absolute atomic E-state index is 4.74. The number of guanidine groups is 1. The first-order chi connectivity index (χ1) is 12.7. The Kier molecular flexibility index (Phi) is 8.84. The Bertz CT molecular complexity index is 702. The van der Waals surface area contributed by atoms with E-state index in [4.69, 9.17) is 4.99 Å². The zero-order valence-electron chi connectivity index (χ0n) is 16.2. The monoisotopic (exact) mass is 479 g/mol. The third-order valence-corrected chi connectivity index (χ3v) is 4.64. The van der Waals surface area contributed by atoms with E-state index in [0.29, 0.717) is 6.04 Å². The van der Waals surface area contributed by atoms with Gasteiger partial charge in [0.15, 0.2) is 5.96 Å². The highest BCUT2D eigenvalue weighted by Crippen LogP contribution is 2.19. The summed E-state index contributed by atoms with van der Waals surface area (Å²) in [6, 6.07) is 15.2. The number of halogens is 1. The number of para-hydroxylation sites is 1. The van der Waals surface area contributed by atoms with Crippen LogP contribution < -0.4 is 15.5 Å². The van der Waals surface area contributed by atoms with Crippen LogP contribution in [0, 0.1) is 6.92 Å². The lowest BCUT2D eigenvalue weighted by Gasteiger charge is -2.20. The molecule has 2 heterocycles. The predicted octanol–water partition coefficient (Wildman–Crippen LogP) is 3.38. The van der Waals surface area contributed by atoms with Gasteiger partial charge in [-0.3, -0.25) is 9.98 Å². The molecule has 0 saturated carbocycles. The molecule has 0 amide bonds. The molecule has 1 fully saturated rings. The van der Waals surface area contributed by atoms with Crippen molar-refractivity contribution in [2.75, 3.05) is 31.1 Å². The molecule has 1 aliphatic rings. The Morgan fingerprint density at radius 2 is 2.04 bits per heavy atom.